The SMILES string of the molecule is CC(=O)N1CCc2nnc(C3CCCCN3C(=O)Cc3ccc(F)cc3)n2CC1. The minimum absolute atomic E-state index is 0.0256. The number of carbonyl (C=O) groups excluding carboxylic acids is 2. The fourth-order valence-corrected chi connectivity index (χ4v) is 4.28. The van der Waals surface area contributed by atoms with E-state index in [9.17, 15) is 14.0 Å². The zero-order chi connectivity index (χ0) is 20.4. The van der Waals surface area contributed by atoms with Gasteiger partial charge in [-0.1, -0.05) is 12.1 Å². The van der Waals surface area contributed by atoms with E-state index in [2.05, 4.69) is 14.8 Å². The lowest BCUT2D eigenvalue weighted by Crippen LogP contribution is -2.40. The summed E-state index contributed by atoms with van der Waals surface area (Å²) in [6, 6.07) is 5.98. The van der Waals surface area contributed by atoms with E-state index in [1.54, 1.807) is 19.1 Å². The van der Waals surface area contributed by atoms with E-state index in [4.69, 9.17) is 0 Å². The van der Waals surface area contributed by atoms with Crippen LogP contribution in [0, 0.1) is 5.82 Å². The maximum Gasteiger partial charge on any atom is 0.227 e. The van der Waals surface area contributed by atoms with Crippen LogP contribution < -0.4 is 0 Å². The van der Waals surface area contributed by atoms with Crippen LogP contribution in [-0.4, -0.2) is 56.0 Å². The molecule has 1 atom stereocenters. The molecule has 0 aliphatic carbocycles. The first-order chi connectivity index (χ1) is 14.0. The van der Waals surface area contributed by atoms with Gasteiger partial charge in [0.2, 0.25) is 11.8 Å². The summed E-state index contributed by atoms with van der Waals surface area (Å²) in [5.74, 6) is 1.48. The van der Waals surface area contributed by atoms with Crippen molar-refractivity contribution in [2.24, 2.45) is 0 Å². The first-order valence-corrected chi connectivity index (χ1v) is 10.2. The number of fused-ring (bicyclic) bond motifs is 1. The molecule has 0 N–H and O–H groups in total. The predicted molar refractivity (Wildman–Crippen MR) is 104 cm³/mol. The summed E-state index contributed by atoms with van der Waals surface area (Å²) in [6.07, 6.45) is 3.76. The molecule has 2 aliphatic rings. The van der Waals surface area contributed by atoms with Crippen LogP contribution in [0.3, 0.4) is 0 Å². The van der Waals surface area contributed by atoms with Crippen LogP contribution in [0.1, 0.15) is 49.4 Å². The highest BCUT2D eigenvalue weighted by Crippen LogP contribution is 2.31. The van der Waals surface area contributed by atoms with E-state index in [-0.39, 0.29) is 30.1 Å². The molecule has 2 aromatic rings. The van der Waals surface area contributed by atoms with Gasteiger partial charge in [-0.25, -0.2) is 4.39 Å². The summed E-state index contributed by atoms with van der Waals surface area (Å²) in [5.41, 5.74) is 0.804. The molecule has 154 valence electrons. The lowest BCUT2D eigenvalue weighted by Gasteiger charge is -2.35. The average molecular weight is 399 g/mol. The van der Waals surface area contributed by atoms with Crippen molar-refractivity contribution in [1.82, 2.24) is 24.6 Å². The van der Waals surface area contributed by atoms with Gasteiger partial charge in [-0.2, -0.15) is 0 Å². The number of rotatable bonds is 3. The number of piperidine rings is 1. The third-order valence-electron chi connectivity index (χ3n) is 5.89. The van der Waals surface area contributed by atoms with Crippen molar-refractivity contribution in [3.8, 4) is 0 Å². The maximum absolute atomic E-state index is 13.2. The topological polar surface area (TPSA) is 71.3 Å². The number of likely N-dealkylation sites (tertiary alicyclic amines) is 1. The number of hydrogen-bond acceptors (Lipinski definition) is 4. The highest BCUT2D eigenvalue weighted by Gasteiger charge is 2.33. The number of hydrogen-bond donors (Lipinski definition) is 0. The summed E-state index contributed by atoms with van der Waals surface area (Å²) in [7, 11) is 0. The molecule has 1 aromatic carbocycles. The molecule has 7 nitrogen and oxygen atoms in total. The first-order valence-electron chi connectivity index (χ1n) is 10.2. The standard InChI is InChI=1S/C21H26FN5O2/c1-15(28)25-11-9-19-23-24-21(27(19)13-12-25)18-4-2-3-10-26(18)20(29)14-16-5-7-17(22)8-6-16/h5-8,18H,2-4,9-14H2,1H3. The molecule has 1 saturated heterocycles. The van der Waals surface area contributed by atoms with Crippen molar-refractivity contribution in [2.75, 3.05) is 19.6 Å². The van der Waals surface area contributed by atoms with Gasteiger partial charge in [0.1, 0.15) is 11.6 Å². The highest BCUT2D eigenvalue weighted by molar-refractivity contribution is 5.79. The van der Waals surface area contributed by atoms with E-state index in [1.807, 2.05) is 9.80 Å². The Morgan fingerprint density at radius 3 is 2.62 bits per heavy atom. The van der Waals surface area contributed by atoms with E-state index in [0.29, 0.717) is 32.6 Å². The van der Waals surface area contributed by atoms with Crippen molar-refractivity contribution in [3.05, 3.63) is 47.3 Å². The van der Waals surface area contributed by atoms with Crippen LogP contribution in [-0.2, 0) is 29.0 Å². The Bertz CT molecular complexity index is 895. The fourth-order valence-electron chi connectivity index (χ4n) is 4.28. The Hall–Kier alpha value is -2.77. The second-order valence-electron chi connectivity index (χ2n) is 7.78. The highest BCUT2D eigenvalue weighted by atomic mass is 19.1. The molecule has 1 aromatic heterocycles. The number of benzene rings is 1. The van der Waals surface area contributed by atoms with Gasteiger partial charge >= 0.3 is 0 Å². The lowest BCUT2D eigenvalue weighted by atomic mass is 10.00. The van der Waals surface area contributed by atoms with Gasteiger partial charge < -0.3 is 14.4 Å². The Labute approximate surface area is 169 Å². The quantitative estimate of drug-likeness (QED) is 0.793. The summed E-state index contributed by atoms with van der Waals surface area (Å²) >= 11 is 0. The molecule has 29 heavy (non-hydrogen) atoms. The van der Waals surface area contributed by atoms with Gasteiger partial charge in [0.05, 0.1) is 12.5 Å². The van der Waals surface area contributed by atoms with Gasteiger partial charge in [0.15, 0.2) is 5.82 Å². The molecule has 0 bridgehead atoms. The molecular formula is C21H26FN5O2. The van der Waals surface area contributed by atoms with Crippen LogP contribution in [0.4, 0.5) is 4.39 Å². The maximum atomic E-state index is 13.2. The zero-order valence-corrected chi connectivity index (χ0v) is 16.7. The second-order valence-corrected chi connectivity index (χ2v) is 7.78. The number of amides is 2. The molecule has 1 fully saturated rings. The van der Waals surface area contributed by atoms with Gasteiger partial charge in [-0.05, 0) is 37.0 Å². The largest absolute Gasteiger partial charge is 0.341 e. The molecule has 4 rings (SSSR count). The number of aromatic nitrogens is 3. The molecule has 1 unspecified atom stereocenters. The van der Waals surface area contributed by atoms with Crippen molar-refractivity contribution in [3.63, 3.8) is 0 Å². The average Bonchev–Trinajstić information content (AvgIpc) is 3.00. The lowest BCUT2D eigenvalue weighted by molar-refractivity contribution is -0.134. The van der Waals surface area contributed by atoms with Crippen LogP contribution in [0.25, 0.3) is 0 Å². The number of nitrogens with zero attached hydrogens (tertiary/aromatic N) is 5. The zero-order valence-electron chi connectivity index (χ0n) is 16.7. The van der Waals surface area contributed by atoms with Crippen molar-refractivity contribution in [2.45, 2.75) is 51.6 Å². The fraction of sp³-hybridized carbons (Fsp3) is 0.524. The summed E-state index contributed by atoms with van der Waals surface area (Å²) in [4.78, 5) is 28.5. The molecule has 3 heterocycles. The Morgan fingerprint density at radius 2 is 1.86 bits per heavy atom. The van der Waals surface area contributed by atoms with E-state index in [1.165, 1.54) is 12.1 Å². The predicted octanol–water partition coefficient (Wildman–Crippen LogP) is 2.12. The minimum Gasteiger partial charge on any atom is -0.341 e. The Kier molecular flexibility index (Phi) is 5.60. The van der Waals surface area contributed by atoms with Crippen LogP contribution in [0.5, 0.6) is 0 Å². The van der Waals surface area contributed by atoms with E-state index >= 15 is 0 Å². The van der Waals surface area contributed by atoms with Crippen molar-refractivity contribution >= 4 is 11.8 Å². The molecule has 0 spiro atoms. The summed E-state index contributed by atoms with van der Waals surface area (Å²) in [6.45, 7) is 4.19. The monoisotopic (exact) mass is 399 g/mol. The Balaban J connectivity index is 1.54. The number of halogens is 1. The van der Waals surface area contributed by atoms with Gasteiger partial charge in [-0.15, -0.1) is 10.2 Å². The molecule has 2 amide bonds. The summed E-state index contributed by atoms with van der Waals surface area (Å²) in [5, 5.41) is 8.82. The normalized spacial score (nSPS) is 19.6. The van der Waals surface area contributed by atoms with Crippen LogP contribution in [0.15, 0.2) is 24.3 Å². The van der Waals surface area contributed by atoms with E-state index < -0.39 is 0 Å². The van der Waals surface area contributed by atoms with Gasteiger partial charge in [-0.3, -0.25) is 9.59 Å². The molecule has 2 aliphatic heterocycles. The van der Waals surface area contributed by atoms with Crippen LogP contribution in [0.2, 0.25) is 0 Å². The molecule has 0 radical (unpaired) electrons. The number of carbonyl (C=O) groups is 2. The van der Waals surface area contributed by atoms with Crippen molar-refractivity contribution in [1.29, 1.82) is 0 Å². The smallest absolute Gasteiger partial charge is 0.227 e. The molecule has 0 saturated carbocycles. The third kappa shape index (κ3) is 4.16. The molecule has 8 heteroatoms. The van der Waals surface area contributed by atoms with E-state index in [0.717, 1.165) is 36.5 Å². The van der Waals surface area contributed by atoms with Gasteiger partial charge in [0.25, 0.3) is 0 Å². The summed E-state index contributed by atoms with van der Waals surface area (Å²) < 4.78 is 15.3. The van der Waals surface area contributed by atoms with Crippen molar-refractivity contribution < 1.29 is 14.0 Å². The Morgan fingerprint density at radius 1 is 1.07 bits per heavy atom. The molecular weight excluding hydrogens is 373 g/mol. The third-order valence-corrected chi connectivity index (χ3v) is 5.89. The second kappa shape index (κ2) is 8.31. The van der Waals surface area contributed by atoms with Crippen LogP contribution >= 0.6 is 0 Å². The van der Waals surface area contributed by atoms with Gasteiger partial charge in [0, 0.05) is 39.5 Å². The minimum atomic E-state index is -0.303. The first kappa shape index (κ1) is 19.5.